The second kappa shape index (κ2) is 6.21. The Balaban J connectivity index is 2.23. The molecule has 2 rings (SSSR count). The van der Waals surface area contributed by atoms with Crippen LogP contribution in [-0.2, 0) is 0 Å². The number of nitrogens with zero attached hydrogens (tertiary/aromatic N) is 1. The molecule has 1 aromatic heterocycles. The number of pyridine rings is 1. The van der Waals surface area contributed by atoms with Crippen molar-refractivity contribution in [2.45, 2.75) is 20.0 Å². The van der Waals surface area contributed by atoms with Crippen molar-refractivity contribution in [3.8, 4) is 5.88 Å². The molecule has 2 aromatic rings. The van der Waals surface area contributed by atoms with Crippen LogP contribution in [0.1, 0.15) is 24.2 Å². The van der Waals surface area contributed by atoms with Crippen molar-refractivity contribution in [2.24, 2.45) is 0 Å². The van der Waals surface area contributed by atoms with E-state index < -0.39 is 11.7 Å². The lowest BCUT2D eigenvalue weighted by Crippen LogP contribution is -2.16. The van der Waals surface area contributed by atoms with Crippen molar-refractivity contribution in [2.75, 3.05) is 11.1 Å². The van der Waals surface area contributed by atoms with Gasteiger partial charge in [0.25, 0.3) is 5.91 Å². The molecule has 0 bridgehead atoms. The smallest absolute Gasteiger partial charge is 0.257 e. The van der Waals surface area contributed by atoms with Crippen LogP contribution >= 0.6 is 0 Å². The number of amides is 1. The zero-order valence-corrected chi connectivity index (χ0v) is 11.8. The molecular formula is C15H16FN3O2. The number of ether oxygens (including phenoxy) is 1. The maximum Gasteiger partial charge on any atom is 0.257 e. The first-order valence-corrected chi connectivity index (χ1v) is 6.45. The Labute approximate surface area is 121 Å². The fourth-order valence-electron chi connectivity index (χ4n) is 1.73. The minimum absolute atomic E-state index is 0.0720. The molecule has 0 saturated carbocycles. The topological polar surface area (TPSA) is 77.2 Å². The molecule has 0 aliphatic heterocycles. The normalized spacial score (nSPS) is 10.5. The highest BCUT2D eigenvalue weighted by atomic mass is 19.1. The molecule has 3 N–H and O–H groups in total. The summed E-state index contributed by atoms with van der Waals surface area (Å²) in [5.41, 5.74) is 6.34. The van der Waals surface area contributed by atoms with Gasteiger partial charge in [0, 0.05) is 11.9 Å². The number of aromatic nitrogens is 1. The Morgan fingerprint density at radius 3 is 2.81 bits per heavy atom. The Morgan fingerprint density at radius 1 is 1.38 bits per heavy atom. The number of carbonyl (C=O) groups is 1. The third kappa shape index (κ3) is 3.68. The molecule has 110 valence electrons. The van der Waals surface area contributed by atoms with E-state index in [1.165, 1.54) is 12.1 Å². The minimum atomic E-state index is -0.491. The Morgan fingerprint density at radius 2 is 2.14 bits per heavy atom. The van der Waals surface area contributed by atoms with Crippen LogP contribution in [0.15, 0.2) is 36.5 Å². The summed E-state index contributed by atoms with van der Waals surface area (Å²) in [5.74, 6) is -0.620. The minimum Gasteiger partial charge on any atom is -0.473 e. The summed E-state index contributed by atoms with van der Waals surface area (Å²) >= 11 is 0. The van der Waals surface area contributed by atoms with E-state index in [2.05, 4.69) is 10.3 Å². The van der Waals surface area contributed by atoms with Crippen molar-refractivity contribution >= 4 is 17.3 Å². The summed E-state index contributed by atoms with van der Waals surface area (Å²) in [7, 11) is 0. The van der Waals surface area contributed by atoms with Gasteiger partial charge in [0.05, 0.1) is 11.7 Å². The molecule has 0 atom stereocenters. The van der Waals surface area contributed by atoms with Gasteiger partial charge < -0.3 is 15.8 Å². The predicted molar refractivity (Wildman–Crippen MR) is 78.8 cm³/mol. The lowest BCUT2D eigenvalue weighted by molar-refractivity contribution is 0.102. The molecule has 5 nitrogen and oxygen atoms in total. The van der Waals surface area contributed by atoms with Crippen LogP contribution in [0.4, 0.5) is 15.8 Å². The van der Waals surface area contributed by atoms with Gasteiger partial charge in [-0.1, -0.05) is 0 Å². The van der Waals surface area contributed by atoms with Crippen LogP contribution in [-0.4, -0.2) is 17.0 Å². The van der Waals surface area contributed by atoms with Gasteiger partial charge in [0.2, 0.25) is 5.88 Å². The average Bonchev–Trinajstić information content (AvgIpc) is 2.40. The highest BCUT2D eigenvalue weighted by Crippen LogP contribution is 2.23. The second-order valence-corrected chi connectivity index (χ2v) is 4.71. The quantitative estimate of drug-likeness (QED) is 0.848. The van der Waals surface area contributed by atoms with E-state index in [4.69, 9.17) is 10.5 Å². The Bertz CT molecular complexity index is 659. The molecule has 6 heteroatoms. The molecule has 1 aromatic carbocycles. The molecule has 1 heterocycles. The van der Waals surface area contributed by atoms with Crippen LogP contribution in [0.5, 0.6) is 5.88 Å². The Hall–Kier alpha value is -2.63. The monoisotopic (exact) mass is 289 g/mol. The zero-order chi connectivity index (χ0) is 15.4. The van der Waals surface area contributed by atoms with E-state index in [0.29, 0.717) is 11.6 Å². The summed E-state index contributed by atoms with van der Waals surface area (Å²) in [5, 5.41) is 2.66. The van der Waals surface area contributed by atoms with Crippen molar-refractivity contribution in [3.63, 3.8) is 0 Å². The molecule has 1 amide bonds. The van der Waals surface area contributed by atoms with Gasteiger partial charge in [-0.3, -0.25) is 4.79 Å². The van der Waals surface area contributed by atoms with Gasteiger partial charge in [-0.05, 0) is 44.2 Å². The SMILES string of the molecule is CC(C)Oc1ncccc1NC(=O)c1ccc(F)cc1N. The number of anilines is 2. The first kappa shape index (κ1) is 14.8. The first-order chi connectivity index (χ1) is 9.97. The van der Waals surface area contributed by atoms with E-state index in [1.54, 1.807) is 18.3 Å². The van der Waals surface area contributed by atoms with Crippen molar-refractivity contribution in [1.29, 1.82) is 0 Å². The molecule has 0 unspecified atom stereocenters. The number of benzene rings is 1. The maximum atomic E-state index is 13.0. The van der Waals surface area contributed by atoms with Gasteiger partial charge in [-0.15, -0.1) is 0 Å². The largest absolute Gasteiger partial charge is 0.473 e. The van der Waals surface area contributed by atoms with Crippen LogP contribution in [0, 0.1) is 5.82 Å². The van der Waals surface area contributed by atoms with E-state index in [-0.39, 0.29) is 17.4 Å². The standard InChI is InChI=1S/C15H16FN3O2/c1-9(2)21-15-13(4-3-7-18-15)19-14(20)11-6-5-10(16)8-12(11)17/h3-9H,17H2,1-2H3,(H,19,20). The van der Waals surface area contributed by atoms with E-state index >= 15 is 0 Å². The van der Waals surface area contributed by atoms with Crippen molar-refractivity contribution in [3.05, 3.63) is 47.9 Å². The number of nitrogen functional groups attached to an aromatic ring is 1. The third-order valence-electron chi connectivity index (χ3n) is 2.62. The highest BCUT2D eigenvalue weighted by Gasteiger charge is 2.14. The summed E-state index contributed by atoms with van der Waals surface area (Å²) in [6.45, 7) is 3.72. The molecule has 21 heavy (non-hydrogen) atoms. The molecular weight excluding hydrogens is 273 g/mol. The zero-order valence-electron chi connectivity index (χ0n) is 11.8. The molecule has 0 fully saturated rings. The van der Waals surface area contributed by atoms with Crippen molar-refractivity contribution in [1.82, 2.24) is 4.98 Å². The first-order valence-electron chi connectivity index (χ1n) is 6.45. The predicted octanol–water partition coefficient (Wildman–Crippen LogP) is 2.84. The number of hydrogen-bond donors (Lipinski definition) is 2. The lowest BCUT2D eigenvalue weighted by atomic mass is 10.1. The lowest BCUT2D eigenvalue weighted by Gasteiger charge is -2.14. The number of hydrogen-bond acceptors (Lipinski definition) is 4. The van der Waals surface area contributed by atoms with E-state index in [1.807, 2.05) is 13.8 Å². The van der Waals surface area contributed by atoms with E-state index in [9.17, 15) is 9.18 Å². The van der Waals surface area contributed by atoms with Crippen LogP contribution in [0.25, 0.3) is 0 Å². The average molecular weight is 289 g/mol. The van der Waals surface area contributed by atoms with Crippen LogP contribution in [0.3, 0.4) is 0 Å². The number of halogens is 1. The summed E-state index contributed by atoms with van der Waals surface area (Å²) in [6, 6.07) is 6.96. The fourth-order valence-corrected chi connectivity index (χ4v) is 1.73. The maximum absolute atomic E-state index is 13.0. The number of carbonyl (C=O) groups excluding carboxylic acids is 1. The third-order valence-corrected chi connectivity index (χ3v) is 2.62. The summed E-state index contributed by atoms with van der Waals surface area (Å²) in [4.78, 5) is 16.3. The fraction of sp³-hybridized carbons (Fsp3) is 0.200. The molecule has 0 spiro atoms. The molecule has 0 saturated heterocycles. The van der Waals surface area contributed by atoms with Gasteiger partial charge in [-0.25, -0.2) is 9.37 Å². The molecule has 0 aliphatic carbocycles. The number of nitrogens with two attached hydrogens (primary N) is 1. The number of rotatable bonds is 4. The van der Waals surface area contributed by atoms with Crippen LogP contribution in [0.2, 0.25) is 0 Å². The van der Waals surface area contributed by atoms with Gasteiger partial charge in [-0.2, -0.15) is 0 Å². The van der Waals surface area contributed by atoms with Gasteiger partial charge >= 0.3 is 0 Å². The summed E-state index contributed by atoms with van der Waals surface area (Å²) in [6.07, 6.45) is 1.49. The summed E-state index contributed by atoms with van der Waals surface area (Å²) < 4.78 is 18.5. The highest BCUT2D eigenvalue weighted by molar-refractivity contribution is 6.08. The van der Waals surface area contributed by atoms with Gasteiger partial charge in [0.15, 0.2) is 0 Å². The molecule has 0 radical (unpaired) electrons. The number of nitrogens with one attached hydrogen (secondary N) is 1. The Kier molecular flexibility index (Phi) is 4.37. The second-order valence-electron chi connectivity index (χ2n) is 4.71. The molecule has 0 aliphatic rings. The van der Waals surface area contributed by atoms with Crippen molar-refractivity contribution < 1.29 is 13.9 Å². The van der Waals surface area contributed by atoms with Gasteiger partial charge in [0.1, 0.15) is 11.5 Å². The van der Waals surface area contributed by atoms with Crippen LogP contribution < -0.4 is 15.8 Å². The van der Waals surface area contributed by atoms with E-state index in [0.717, 1.165) is 6.07 Å².